The van der Waals surface area contributed by atoms with Crippen LogP contribution >= 0.6 is 0 Å². The molecular weight excluding hydrogens is 416 g/mol. The Bertz CT molecular complexity index is 812. The van der Waals surface area contributed by atoms with Crippen LogP contribution < -0.4 is 0 Å². The van der Waals surface area contributed by atoms with E-state index in [1.807, 2.05) is 24.3 Å². The van der Waals surface area contributed by atoms with E-state index < -0.39 is 8.32 Å². The molecule has 32 heavy (non-hydrogen) atoms. The predicted octanol–water partition coefficient (Wildman–Crippen LogP) is 6.32. The van der Waals surface area contributed by atoms with Crippen LogP contribution in [-0.2, 0) is 25.2 Å². The van der Waals surface area contributed by atoms with Gasteiger partial charge in [0.2, 0.25) is 0 Å². The van der Waals surface area contributed by atoms with E-state index >= 15 is 0 Å². The molecule has 0 heterocycles. The van der Waals surface area contributed by atoms with E-state index in [-0.39, 0.29) is 5.04 Å². The van der Waals surface area contributed by atoms with Gasteiger partial charge in [-0.05, 0) is 46.5 Å². The largest absolute Gasteiger partial charge is 0.414 e. The molecule has 5 heteroatoms. The zero-order valence-corrected chi connectivity index (χ0v) is 21.5. The summed E-state index contributed by atoms with van der Waals surface area (Å²) in [5.74, 6) is 0. The van der Waals surface area contributed by atoms with E-state index in [9.17, 15) is 0 Å². The molecule has 0 fully saturated rings. The summed E-state index contributed by atoms with van der Waals surface area (Å²) in [4.78, 5) is 0. The zero-order chi connectivity index (χ0) is 23.5. The maximum Gasteiger partial charge on any atom is 0.192 e. The van der Waals surface area contributed by atoms with Crippen LogP contribution in [-0.4, -0.2) is 48.0 Å². The number of ether oxygens (including phenoxy) is 3. The third-order valence-corrected chi connectivity index (χ3v) is 10.4. The van der Waals surface area contributed by atoms with Gasteiger partial charge in [-0.3, -0.25) is 0 Å². The molecular formula is C27H40O4Si. The first-order chi connectivity index (χ1) is 15.2. The topological polar surface area (TPSA) is 36.9 Å². The summed E-state index contributed by atoms with van der Waals surface area (Å²) < 4.78 is 23.1. The van der Waals surface area contributed by atoms with Crippen LogP contribution in [0.25, 0.3) is 5.57 Å². The van der Waals surface area contributed by atoms with Gasteiger partial charge in [-0.1, -0.05) is 75.9 Å². The molecule has 0 radical (unpaired) electrons. The minimum absolute atomic E-state index is 0.229. The number of hydrogen-bond donors (Lipinski definition) is 0. The van der Waals surface area contributed by atoms with Crippen molar-refractivity contribution in [1.82, 2.24) is 0 Å². The van der Waals surface area contributed by atoms with E-state index in [0.29, 0.717) is 46.2 Å². The van der Waals surface area contributed by atoms with E-state index in [1.54, 1.807) is 0 Å². The lowest BCUT2D eigenvalue weighted by atomic mass is 9.98. The van der Waals surface area contributed by atoms with Gasteiger partial charge in [0.1, 0.15) is 0 Å². The first-order valence-corrected chi connectivity index (χ1v) is 14.3. The van der Waals surface area contributed by atoms with Gasteiger partial charge in [-0.15, -0.1) is 0 Å². The Morgan fingerprint density at radius 3 is 1.94 bits per heavy atom. The Kier molecular flexibility index (Phi) is 10.8. The summed E-state index contributed by atoms with van der Waals surface area (Å²) in [6.07, 6.45) is 0. The molecule has 2 aromatic carbocycles. The fourth-order valence-electron chi connectivity index (χ4n) is 2.86. The minimum atomic E-state index is -1.68. The van der Waals surface area contributed by atoms with Gasteiger partial charge in [0, 0.05) is 0 Å². The molecule has 0 bridgehead atoms. The first-order valence-electron chi connectivity index (χ1n) is 11.4. The van der Waals surface area contributed by atoms with Crippen molar-refractivity contribution < 1.29 is 18.6 Å². The smallest absolute Gasteiger partial charge is 0.192 e. The first kappa shape index (κ1) is 26.5. The van der Waals surface area contributed by atoms with E-state index in [4.69, 9.17) is 18.6 Å². The molecule has 0 aliphatic rings. The van der Waals surface area contributed by atoms with Gasteiger partial charge in [-0.2, -0.15) is 0 Å². The third-order valence-electron chi connectivity index (χ3n) is 5.91. The highest BCUT2D eigenvalue weighted by molar-refractivity contribution is 6.74. The van der Waals surface area contributed by atoms with E-state index in [1.165, 1.54) is 0 Å². The van der Waals surface area contributed by atoms with Crippen LogP contribution in [0.15, 0.2) is 61.2 Å². The molecule has 0 atom stereocenters. The van der Waals surface area contributed by atoms with Gasteiger partial charge in [0.05, 0.1) is 46.2 Å². The van der Waals surface area contributed by atoms with E-state index in [0.717, 1.165) is 22.3 Å². The fourth-order valence-corrected chi connectivity index (χ4v) is 3.88. The van der Waals surface area contributed by atoms with Crippen molar-refractivity contribution in [3.8, 4) is 0 Å². The summed E-state index contributed by atoms with van der Waals surface area (Å²) >= 11 is 0. The summed E-state index contributed by atoms with van der Waals surface area (Å²) in [7, 11) is -1.68. The summed E-state index contributed by atoms with van der Waals surface area (Å²) in [6.45, 7) is 19.5. The van der Waals surface area contributed by atoms with Crippen LogP contribution in [0.2, 0.25) is 18.1 Å². The zero-order valence-electron chi connectivity index (χ0n) is 20.5. The average Bonchev–Trinajstić information content (AvgIpc) is 2.77. The van der Waals surface area contributed by atoms with Crippen LogP contribution in [0.4, 0.5) is 0 Å². The van der Waals surface area contributed by atoms with Gasteiger partial charge in [0.15, 0.2) is 8.32 Å². The molecule has 0 amide bonds. The Labute approximate surface area is 195 Å². The van der Waals surface area contributed by atoms with Crippen LogP contribution in [0.5, 0.6) is 0 Å². The summed E-state index contributed by atoms with van der Waals surface area (Å²) in [5, 5.41) is 0.229. The van der Waals surface area contributed by atoms with Gasteiger partial charge >= 0.3 is 0 Å². The van der Waals surface area contributed by atoms with Crippen molar-refractivity contribution >= 4 is 13.9 Å². The van der Waals surface area contributed by atoms with Crippen molar-refractivity contribution in [3.05, 3.63) is 77.9 Å². The number of rotatable bonds is 14. The quantitative estimate of drug-likeness (QED) is 0.246. The molecule has 2 rings (SSSR count). The van der Waals surface area contributed by atoms with Crippen molar-refractivity contribution in [2.75, 3.05) is 39.6 Å². The fraction of sp³-hybridized carbons (Fsp3) is 0.481. The van der Waals surface area contributed by atoms with Crippen molar-refractivity contribution in [2.24, 2.45) is 0 Å². The molecule has 176 valence electrons. The van der Waals surface area contributed by atoms with Gasteiger partial charge in [0.25, 0.3) is 0 Å². The monoisotopic (exact) mass is 456 g/mol. The standard InChI is InChI=1S/C27H40O4Si/c1-23(25-12-8-7-9-13-25)26-14-10-11-24(21-26)22-30-18-17-28-15-16-29-19-20-31-32(5,6)27(2,3)4/h7-14,21H,1,15-20,22H2,2-6H3. The molecule has 0 N–H and O–H groups in total. The Morgan fingerprint density at radius 1 is 0.750 bits per heavy atom. The van der Waals surface area contributed by atoms with Crippen molar-refractivity contribution in [2.45, 2.75) is 45.5 Å². The molecule has 0 saturated carbocycles. The lowest BCUT2D eigenvalue weighted by Gasteiger charge is -2.36. The minimum Gasteiger partial charge on any atom is -0.414 e. The maximum absolute atomic E-state index is 6.09. The summed E-state index contributed by atoms with van der Waals surface area (Å²) in [6, 6.07) is 18.6. The molecule has 0 aliphatic carbocycles. The van der Waals surface area contributed by atoms with Crippen LogP contribution in [0, 0.1) is 0 Å². The highest BCUT2D eigenvalue weighted by Gasteiger charge is 2.36. The Hall–Kier alpha value is -1.76. The van der Waals surface area contributed by atoms with Crippen LogP contribution in [0.3, 0.4) is 0 Å². The molecule has 0 saturated heterocycles. The third kappa shape index (κ3) is 9.00. The highest BCUT2D eigenvalue weighted by atomic mass is 28.4. The molecule has 2 aromatic rings. The molecule has 0 aromatic heterocycles. The second kappa shape index (κ2) is 13.1. The second-order valence-corrected chi connectivity index (χ2v) is 14.2. The lowest BCUT2D eigenvalue weighted by molar-refractivity contribution is 0.00525. The predicted molar refractivity (Wildman–Crippen MR) is 135 cm³/mol. The Morgan fingerprint density at radius 2 is 1.31 bits per heavy atom. The molecule has 0 spiro atoms. The Balaban J connectivity index is 1.54. The summed E-state index contributed by atoms with van der Waals surface area (Å²) in [5.41, 5.74) is 4.39. The van der Waals surface area contributed by atoms with Gasteiger partial charge < -0.3 is 18.6 Å². The SMILES string of the molecule is C=C(c1ccccc1)c1cccc(COCCOCCOCCO[Si](C)(C)C(C)(C)C)c1. The van der Waals surface area contributed by atoms with E-state index in [2.05, 4.69) is 70.8 Å². The number of hydrogen-bond acceptors (Lipinski definition) is 4. The molecule has 0 unspecified atom stereocenters. The van der Waals surface area contributed by atoms with Crippen molar-refractivity contribution in [1.29, 1.82) is 0 Å². The lowest BCUT2D eigenvalue weighted by Crippen LogP contribution is -2.41. The van der Waals surface area contributed by atoms with Gasteiger partial charge in [-0.25, -0.2) is 0 Å². The average molecular weight is 457 g/mol. The maximum atomic E-state index is 6.09. The second-order valence-electron chi connectivity index (χ2n) is 9.43. The molecule has 4 nitrogen and oxygen atoms in total. The normalized spacial score (nSPS) is 12.2. The van der Waals surface area contributed by atoms with Crippen molar-refractivity contribution in [3.63, 3.8) is 0 Å². The van der Waals surface area contributed by atoms with Crippen LogP contribution in [0.1, 0.15) is 37.5 Å². The number of benzene rings is 2. The molecule has 0 aliphatic heterocycles. The highest BCUT2D eigenvalue weighted by Crippen LogP contribution is 2.36.